The van der Waals surface area contributed by atoms with E-state index < -0.39 is 0 Å². The Balaban J connectivity index is 2.35. The van der Waals surface area contributed by atoms with Crippen LogP contribution in [0.1, 0.15) is 16.7 Å². The third-order valence-electron chi connectivity index (χ3n) is 2.53. The Kier molecular flexibility index (Phi) is 2.19. The van der Waals surface area contributed by atoms with Crippen LogP contribution in [0.4, 0.5) is 0 Å². The molecule has 0 saturated carbocycles. The maximum atomic E-state index is 10.6. The highest BCUT2D eigenvalue weighted by Crippen LogP contribution is 2.18. The number of carbonyl (C=O) groups is 1. The van der Waals surface area contributed by atoms with E-state index >= 15 is 0 Å². The smallest absolute Gasteiger partial charge is 0.210 e. The van der Waals surface area contributed by atoms with E-state index in [2.05, 4.69) is 6.07 Å². The largest absolute Gasteiger partial charge is 0.341 e. The van der Waals surface area contributed by atoms with E-state index in [9.17, 15) is 4.79 Å². The molecule has 3 heteroatoms. The third kappa shape index (κ3) is 1.47. The van der Waals surface area contributed by atoms with E-state index in [4.69, 9.17) is 5.26 Å². The Bertz CT molecular complexity index is 406. The summed E-state index contributed by atoms with van der Waals surface area (Å²) < 4.78 is 0. The van der Waals surface area contributed by atoms with Crippen molar-refractivity contribution in [3.8, 4) is 6.07 Å². The monoisotopic (exact) mass is 186 g/mol. The van der Waals surface area contributed by atoms with E-state index in [-0.39, 0.29) is 0 Å². The van der Waals surface area contributed by atoms with Crippen molar-refractivity contribution in [1.29, 1.82) is 5.26 Å². The molecule has 1 aromatic rings. The summed E-state index contributed by atoms with van der Waals surface area (Å²) in [6.07, 6.45) is 1.75. The molecule has 2 rings (SSSR count). The van der Waals surface area contributed by atoms with E-state index in [1.54, 1.807) is 4.90 Å². The van der Waals surface area contributed by atoms with Crippen molar-refractivity contribution in [3.05, 3.63) is 34.9 Å². The summed E-state index contributed by atoms with van der Waals surface area (Å²) in [6.45, 7) is 1.41. The fourth-order valence-electron chi connectivity index (χ4n) is 1.74. The normalized spacial score (nSPS) is 14.4. The lowest BCUT2D eigenvalue weighted by Gasteiger charge is -2.25. The number of nitriles is 1. The highest BCUT2D eigenvalue weighted by Gasteiger charge is 2.14. The summed E-state index contributed by atoms with van der Waals surface area (Å²) in [5.41, 5.74) is 3.01. The van der Waals surface area contributed by atoms with Crippen LogP contribution in [0.5, 0.6) is 0 Å². The van der Waals surface area contributed by atoms with Crippen molar-refractivity contribution in [1.82, 2.24) is 4.90 Å². The van der Waals surface area contributed by atoms with Gasteiger partial charge in [-0.25, -0.2) is 0 Å². The highest BCUT2D eigenvalue weighted by atomic mass is 16.1. The van der Waals surface area contributed by atoms with Gasteiger partial charge in [-0.15, -0.1) is 0 Å². The third-order valence-corrected chi connectivity index (χ3v) is 2.53. The SMILES string of the molecule is N#Cc1ccc2c(c1)CN(C=O)CC2. The molecule has 3 nitrogen and oxygen atoms in total. The molecule has 14 heavy (non-hydrogen) atoms. The van der Waals surface area contributed by atoms with Crippen LogP contribution in [-0.4, -0.2) is 17.9 Å². The van der Waals surface area contributed by atoms with Gasteiger partial charge in [0.1, 0.15) is 0 Å². The molecule has 0 fully saturated rings. The zero-order valence-corrected chi connectivity index (χ0v) is 7.73. The second-order valence-corrected chi connectivity index (χ2v) is 3.42. The first kappa shape index (κ1) is 8.76. The summed E-state index contributed by atoms with van der Waals surface area (Å²) in [4.78, 5) is 12.3. The Hall–Kier alpha value is -1.82. The van der Waals surface area contributed by atoms with Crippen LogP contribution in [-0.2, 0) is 17.8 Å². The minimum Gasteiger partial charge on any atom is -0.341 e. The molecular weight excluding hydrogens is 176 g/mol. The Labute approximate surface area is 82.6 Å². The number of benzene rings is 1. The fourth-order valence-corrected chi connectivity index (χ4v) is 1.74. The summed E-state index contributed by atoms with van der Waals surface area (Å²) >= 11 is 0. The van der Waals surface area contributed by atoms with Gasteiger partial charge in [-0.2, -0.15) is 5.26 Å². The molecule has 1 heterocycles. The van der Waals surface area contributed by atoms with Crippen molar-refractivity contribution in [3.63, 3.8) is 0 Å². The summed E-state index contributed by atoms with van der Waals surface area (Å²) in [7, 11) is 0. The molecule has 0 aliphatic carbocycles. The number of rotatable bonds is 1. The van der Waals surface area contributed by atoms with Crippen LogP contribution in [0.25, 0.3) is 0 Å². The molecule has 0 saturated heterocycles. The number of hydrogen-bond acceptors (Lipinski definition) is 2. The molecule has 0 spiro atoms. The van der Waals surface area contributed by atoms with Crippen LogP contribution in [0, 0.1) is 11.3 Å². The maximum absolute atomic E-state index is 10.6. The van der Waals surface area contributed by atoms with Gasteiger partial charge in [0.25, 0.3) is 0 Å². The van der Waals surface area contributed by atoms with E-state index in [0.29, 0.717) is 12.1 Å². The first-order chi connectivity index (χ1) is 6.83. The zero-order valence-electron chi connectivity index (χ0n) is 7.73. The highest BCUT2D eigenvalue weighted by molar-refractivity contribution is 5.50. The zero-order chi connectivity index (χ0) is 9.97. The first-order valence-corrected chi connectivity index (χ1v) is 4.55. The van der Waals surface area contributed by atoms with Crippen LogP contribution >= 0.6 is 0 Å². The summed E-state index contributed by atoms with van der Waals surface area (Å²) in [6, 6.07) is 7.78. The van der Waals surface area contributed by atoms with E-state index in [0.717, 1.165) is 24.9 Å². The minimum absolute atomic E-state index is 0.633. The lowest BCUT2D eigenvalue weighted by atomic mass is 9.98. The number of hydrogen-bond donors (Lipinski definition) is 0. The van der Waals surface area contributed by atoms with E-state index in [1.807, 2.05) is 18.2 Å². The first-order valence-electron chi connectivity index (χ1n) is 4.55. The van der Waals surface area contributed by atoms with Crippen LogP contribution in [0.15, 0.2) is 18.2 Å². The van der Waals surface area contributed by atoms with Crippen molar-refractivity contribution in [2.45, 2.75) is 13.0 Å². The van der Waals surface area contributed by atoms with Gasteiger partial charge in [0, 0.05) is 13.1 Å². The van der Waals surface area contributed by atoms with E-state index in [1.165, 1.54) is 5.56 Å². The Morgan fingerprint density at radius 3 is 3.00 bits per heavy atom. The topological polar surface area (TPSA) is 44.1 Å². The molecule has 1 aliphatic rings. The van der Waals surface area contributed by atoms with Gasteiger partial charge in [-0.1, -0.05) is 6.07 Å². The van der Waals surface area contributed by atoms with Gasteiger partial charge in [0.15, 0.2) is 0 Å². The van der Waals surface area contributed by atoms with Gasteiger partial charge in [0.05, 0.1) is 11.6 Å². The molecule has 0 radical (unpaired) electrons. The molecule has 1 aromatic carbocycles. The van der Waals surface area contributed by atoms with Crippen molar-refractivity contribution in [2.24, 2.45) is 0 Å². The quantitative estimate of drug-likeness (QED) is 0.616. The number of carbonyl (C=O) groups excluding carboxylic acids is 1. The van der Waals surface area contributed by atoms with Gasteiger partial charge < -0.3 is 4.90 Å². The van der Waals surface area contributed by atoms with Crippen LogP contribution in [0.2, 0.25) is 0 Å². The average molecular weight is 186 g/mol. The molecule has 70 valence electrons. The molecule has 1 aliphatic heterocycles. The molecule has 0 bridgehead atoms. The Morgan fingerprint density at radius 2 is 2.29 bits per heavy atom. The second kappa shape index (κ2) is 3.51. The predicted molar refractivity (Wildman–Crippen MR) is 51.3 cm³/mol. The van der Waals surface area contributed by atoms with Gasteiger partial charge in [-0.3, -0.25) is 4.79 Å². The minimum atomic E-state index is 0.633. The molecule has 0 unspecified atom stereocenters. The molecule has 0 aromatic heterocycles. The number of amides is 1. The fraction of sp³-hybridized carbons (Fsp3) is 0.273. The van der Waals surface area contributed by atoms with Gasteiger partial charge in [-0.05, 0) is 29.7 Å². The Morgan fingerprint density at radius 1 is 1.43 bits per heavy atom. The maximum Gasteiger partial charge on any atom is 0.210 e. The summed E-state index contributed by atoms with van der Waals surface area (Å²) in [5.74, 6) is 0. The van der Waals surface area contributed by atoms with Crippen molar-refractivity contribution < 1.29 is 4.79 Å². The van der Waals surface area contributed by atoms with Crippen molar-refractivity contribution in [2.75, 3.05) is 6.54 Å². The van der Waals surface area contributed by atoms with Gasteiger partial charge >= 0.3 is 0 Å². The molecule has 1 amide bonds. The molecule has 0 N–H and O–H groups in total. The van der Waals surface area contributed by atoms with Gasteiger partial charge in [0.2, 0.25) is 6.41 Å². The molecular formula is C11H10N2O. The standard InChI is InChI=1S/C11H10N2O/c12-6-9-1-2-10-3-4-13(8-14)7-11(10)5-9/h1-2,5,8H,3-4,7H2. The van der Waals surface area contributed by atoms with Crippen LogP contribution in [0.3, 0.4) is 0 Å². The average Bonchev–Trinajstić information content (AvgIpc) is 2.27. The number of nitrogens with zero attached hydrogens (tertiary/aromatic N) is 2. The van der Waals surface area contributed by atoms with Crippen molar-refractivity contribution >= 4 is 6.41 Å². The lowest BCUT2D eigenvalue weighted by molar-refractivity contribution is -0.118. The summed E-state index contributed by atoms with van der Waals surface area (Å²) in [5, 5.41) is 8.73. The lowest BCUT2D eigenvalue weighted by Crippen LogP contribution is -2.29. The second-order valence-electron chi connectivity index (χ2n) is 3.42. The molecule has 0 atom stereocenters. The predicted octanol–water partition coefficient (Wildman–Crippen LogP) is 1.07. The van der Waals surface area contributed by atoms with Crippen LogP contribution < -0.4 is 0 Å². The number of fused-ring (bicyclic) bond motifs is 1.